The van der Waals surface area contributed by atoms with Crippen LogP contribution in [-0.4, -0.2) is 29.5 Å². The average Bonchev–Trinajstić information content (AvgIpc) is 2.85. The number of urea groups is 1. The van der Waals surface area contributed by atoms with Crippen LogP contribution in [0.5, 0.6) is 5.75 Å². The molecule has 1 aromatic heterocycles. The van der Waals surface area contributed by atoms with Crippen LogP contribution in [0.2, 0.25) is 0 Å². The van der Waals surface area contributed by atoms with Gasteiger partial charge in [0.25, 0.3) is 0 Å². The van der Waals surface area contributed by atoms with Crippen molar-refractivity contribution in [2.75, 3.05) is 24.7 Å². The maximum atomic E-state index is 11.7. The molecular formula is C13H17N5O2. The summed E-state index contributed by atoms with van der Waals surface area (Å²) in [5.41, 5.74) is 6.85. The number of amides is 2. The number of nitrogen functional groups attached to an aromatic ring is 1. The van der Waals surface area contributed by atoms with Crippen molar-refractivity contribution >= 4 is 17.4 Å². The number of anilines is 2. The van der Waals surface area contributed by atoms with E-state index in [4.69, 9.17) is 10.5 Å². The van der Waals surface area contributed by atoms with Crippen LogP contribution in [-0.2, 0) is 6.54 Å². The van der Waals surface area contributed by atoms with E-state index in [1.165, 1.54) is 0 Å². The van der Waals surface area contributed by atoms with Gasteiger partial charge >= 0.3 is 6.03 Å². The van der Waals surface area contributed by atoms with Gasteiger partial charge in [0.1, 0.15) is 5.75 Å². The van der Waals surface area contributed by atoms with E-state index in [9.17, 15) is 4.79 Å². The topological polar surface area (TPSA) is 94.2 Å². The molecule has 0 fully saturated rings. The molecule has 1 aromatic carbocycles. The van der Waals surface area contributed by atoms with Gasteiger partial charge in [-0.3, -0.25) is 4.68 Å². The largest absolute Gasteiger partial charge is 0.497 e. The van der Waals surface area contributed by atoms with E-state index in [0.29, 0.717) is 24.5 Å². The van der Waals surface area contributed by atoms with Crippen molar-refractivity contribution in [3.8, 4) is 5.75 Å². The summed E-state index contributed by atoms with van der Waals surface area (Å²) in [7, 11) is 1.59. The first-order valence-corrected chi connectivity index (χ1v) is 6.14. The second-order valence-corrected chi connectivity index (χ2v) is 4.15. The van der Waals surface area contributed by atoms with Crippen molar-refractivity contribution in [2.24, 2.45) is 0 Å². The molecule has 7 heteroatoms. The lowest BCUT2D eigenvalue weighted by Crippen LogP contribution is -2.31. The highest BCUT2D eigenvalue weighted by atomic mass is 16.5. The first-order chi connectivity index (χ1) is 9.67. The van der Waals surface area contributed by atoms with Gasteiger partial charge < -0.3 is 21.1 Å². The molecule has 0 aliphatic heterocycles. The van der Waals surface area contributed by atoms with E-state index in [1.54, 1.807) is 48.5 Å². The molecule has 20 heavy (non-hydrogen) atoms. The summed E-state index contributed by atoms with van der Waals surface area (Å²) in [5, 5.41) is 9.48. The molecular weight excluding hydrogens is 258 g/mol. The molecule has 2 amide bonds. The lowest BCUT2D eigenvalue weighted by Gasteiger charge is -2.08. The summed E-state index contributed by atoms with van der Waals surface area (Å²) >= 11 is 0. The molecule has 0 spiro atoms. The van der Waals surface area contributed by atoms with E-state index >= 15 is 0 Å². The van der Waals surface area contributed by atoms with Crippen LogP contribution in [0.4, 0.5) is 16.2 Å². The minimum atomic E-state index is -0.268. The van der Waals surface area contributed by atoms with E-state index in [1.807, 2.05) is 0 Å². The third-order valence-electron chi connectivity index (χ3n) is 2.63. The third-order valence-corrected chi connectivity index (χ3v) is 2.63. The highest BCUT2D eigenvalue weighted by Gasteiger charge is 2.02. The van der Waals surface area contributed by atoms with Crippen LogP contribution in [0.25, 0.3) is 0 Å². The fraction of sp³-hybridized carbons (Fsp3) is 0.231. The molecule has 7 nitrogen and oxygen atoms in total. The van der Waals surface area contributed by atoms with Gasteiger partial charge in [0, 0.05) is 18.4 Å². The molecule has 2 aromatic rings. The zero-order valence-electron chi connectivity index (χ0n) is 11.2. The molecule has 0 saturated carbocycles. The van der Waals surface area contributed by atoms with Gasteiger partial charge in [0.15, 0.2) is 0 Å². The van der Waals surface area contributed by atoms with E-state index in [0.717, 1.165) is 5.75 Å². The van der Waals surface area contributed by atoms with Gasteiger partial charge in [0.05, 0.1) is 25.5 Å². The number of benzene rings is 1. The Morgan fingerprint density at radius 1 is 1.40 bits per heavy atom. The summed E-state index contributed by atoms with van der Waals surface area (Å²) < 4.78 is 6.71. The fourth-order valence-corrected chi connectivity index (χ4v) is 1.64. The Hall–Kier alpha value is -2.70. The quantitative estimate of drug-likeness (QED) is 0.766. The van der Waals surface area contributed by atoms with Gasteiger partial charge in [-0.1, -0.05) is 0 Å². The predicted octanol–water partition coefficient (Wildman–Crippen LogP) is 1.30. The first-order valence-electron chi connectivity index (χ1n) is 6.14. The molecule has 0 aliphatic rings. The molecule has 106 valence electrons. The van der Waals surface area contributed by atoms with Crippen LogP contribution in [0.1, 0.15) is 0 Å². The van der Waals surface area contributed by atoms with Crippen LogP contribution in [0.15, 0.2) is 36.7 Å². The van der Waals surface area contributed by atoms with E-state index in [-0.39, 0.29) is 6.03 Å². The molecule has 0 radical (unpaired) electrons. The normalized spacial score (nSPS) is 10.1. The number of carbonyl (C=O) groups excluding carboxylic acids is 1. The molecule has 2 rings (SSSR count). The number of rotatable bonds is 5. The number of nitrogens with zero attached hydrogens (tertiary/aromatic N) is 2. The lowest BCUT2D eigenvalue weighted by atomic mass is 10.3. The van der Waals surface area contributed by atoms with Gasteiger partial charge in [-0.05, 0) is 24.3 Å². The van der Waals surface area contributed by atoms with E-state index < -0.39 is 0 Å². The maximum Gasteiger partial charge on any atom is 0.319 e. The maximum absolute atomic E-state index is 11.7. The van der Waals surface area contributed by atoms with Crippen LogP contribution >= 0.6 is 0 Å². The molecule has 0 unspecified atom stereocenters. The van der Waals surface area contributed by atoms with Crippen molar-refractivity contribution in [3.05, 3.63) is 36.7 Å². The summed E-state index contributed by atoms with van der Waals surface area (Å²) in [4.78, 5) is 11.7. The summed E-state index contributed by atoms with van der Waals surface area (Å²) in [6.07, 6.45) is 3.28. The van der Waals surface area contributed by atoms with Gasteiger partial charge in [-0.15, -0.1) is 0 Å². The zero-order valence-corrected chi connectivity index (χ0v) is 11.2. The number of ether oxygens (including phenoxy) is 1. The van der Waals surface area contributed by atoms with Crippen LogP contribution in [0.3, 0.4) is 0 Å². The monoisotopic (exact) mass is 275 g/mol. The SMILES string of the molecule is COc1ccc(NC(=O)NCCn2cc(N)cn2)cc1. The molecule has 0 atom stereocenters. The molecule has 0 saturated heterocycles. The Balaban J connectivity index is 1.74. The Morgan fingerprint density at radius 2 is 2.15 bits per heavy atom. The van der Waals surface area contributed by atoms with Crippen LogP contribution < -0.4 is 21.1 Å². The number of aromatic nitrogens is 2. The highest BCUT2D eigenvalue weighted by Crippen LogP contribution is 2.14. The van der Waals surface area contributed by atoms with Gasteiger partial charge in [0.2, 0.25) is 0 Å². The smallest absolute Gasteiger partial charge is 0.319 e. The number of hydrogen-bond donors (Lipinski definition) is 3. The molecule has 0 bridgehead atoms. The Morgan fingerprint density at radius 3 is 2.75 bits per heavy atom. The molecule has 0 aliphatic carbocycles. The predicted molar refractivity (Wildman–Crippen MR) is 76.7 cm³/mol. The van der Waals surface area contributed by atoms with Crippen molar-refractivity contribution < 1.29 is 9.53 Å². The number of hydrogen-bond acceptors (Lipinski definition) is 4. The third kappa shape index (κ3) is 3.91. The standard InChI is InChI=1S/C13H17N5O2/c1-20-12-4-2-11(3-5-12)17-13(19)15-6-7-18-9-10(14)8-16-18/h2-5,8-9H,6-7,14H2,1H3,(H2,15,17,19). The average molecular weight is 275 g/mol. The van der Waals surface area contributed by atoms with Gasteiger partial charge in [-0.25, -0.2) is 4.79 Å². The number of nitrogens with two attached hydrogens (primary N) is 1. The fourth-order valence-electron chi connectivity index (χ4n) is 1.64. The minimum Gasteiger partial charge on any atom is -0.497 e. The Bertz CT molecular complexity index is 564. The first kappa shape index (κ1) is 13.7. The second kappa shape index (κ2) is 6.46. The van der Waals surface area contributed by atoms with Crippen molar-refractivity contribution in [1.29, 1.82) is 0 Å². The van der Waals surface area contributed by atoms with Crippen LogP contribution in [0, 0.1) is 0 Å². The second-order valence-electron chi connectivity index (χ2n) is 4.15. The Kier molecular flexibility index (Phi) is 4.43. The van der Waals surface area contributed by atoms with Crippen molar-refractivity contribution in [3.63, 3.8) is 0 Å². The summed E-state index contributed by atoms with van der Waals surface area (Å²) in [6.45, 7) is 1.02. The summed E-state index contributed by atoms with van der Waals surface area (Å²) in [6, 6.07) is 6.83. The van der Waals surface area contributed by atoms with Crippen molar-refractivity contribution in [2.45, 2.75) is 6.54 Å². The number of nitrogens with one attached hydrogen (secondary N) is 2. The van der Waals surface area contributed by atoms with E-state index in [2.05, 4.69) is 15.7 Å². The number of methoxy groups -OCH3 is 1. The molecule has 1 heterocycles. The number of carbonyl (C=O) groups is 1. The highest BCUT2D eigenvalue weighted by molar-refractivity contribution is 5.89. The lowest BCUT2D eigenvalue weighted by molar-refractivity contribution is 0.251. The molecule has 4 N–H and O–H groups in total. The van der Waals surface area contributed by atoms with Gasteiger partial charge in [-0.2, -0.15) is 5.10 Å². The Labute approximate surface area is 116 Å². The minimum absolute atomic E-state index is 0.268. The summed E-state index contributed by atoms with van der Waals surface area (Å²) in [5.74, 6) is 0.743. The van der Waals surface area contributed by atoms with Crippen molar-refractivity contribution in [1.82, 2.24) is 15.1 Å². The zero-order chi connectivity index (χ0) is 14.4.